The summed E-state index contributed by atoms with van der Waals surface area (Å²) in [6.07, 6.45) is 1.98. The molecule has 2 unspecified atom stereocenters. The quantitative estimate of drug-likeness (QED) is 0.672. The third-order valence-corrected chi connectivity index (χ3v) is 3.65. The van der Waals surface area contributed by atoms with E-state index in [2.05, 4.69) is 10.6 Å². The number of carbonyl (C=O) groups is 1. The van der Waals surface area contributed by atoms with Crippen molar-refractivity contribution in [2.75, 3.05) is 24.6 Å². The summed E-state index contributed by atoms with van der Waals surface area (Å²) in [5.74, 6) is 3.02. The van der Waals surface area contributed by atoms with Crippen LogP contribution >= 0.6 is 11.8 Å². The first kappa shape index (κ1) is 12.6. The summed E-state index contributed by atoms with van der Waals surface area (Å²) in [7, 11) is 0. The van der Waals surface area contributed by atoms with E-state index in [0.717, 1.165) is 12.3 Å². The van der Waals surface area contributed by atoms with Gasteiger partial charge in [-0.1, -0.05) is 0 Å². The summed E-state index contributed by atoms with van der Waals surface area (Å²) >= 11 is 1.96. The molecule has 4 nitrogen and oxygen atoms in total. The van der Waals surface area contributed by atoms with E-state index in [0.29, 0.717) is 12.5 Å². The van der Waals surface area contributed by atoms with Crippen molar-refractivity contribution in [3.63, 3.8) is 0 Å². The Morgan fingerprint density at radius 1 is 1.60 bits per heavy atom. The highest BCUT2D eigenvalue weighted by atomic mass is 32.2. The molecule has 1 aliphatic rings. The molecule has 1 fully saturated rings. The van der Waals surface area contributed by atoms with Crippen LogP contribution in [0.2, 0.25) is 0 Å². The second-order valence-corrected chi connectivity index (χ2v) is 5.17. The molecule has 1 saturated heterocycles. The summed E-state index contributed by atoms with van der Waals surface area (Å²) in [6.45, 7) is 2.71. The number of aliphatic hydroxyl groups excluding tert-OH is 1. The summed E-state index contributed by atoms with van der Waals surface area (Å²) in [5, 5.41) is 14.4. The lowest BCUT2D eigenvalue weighted by atomic mass is 10.1. The average Bonchev–Trinajstić information content (AvgIpc) is 2.25. The average molecular weight is 232 g/mol. The molecule has 1 rings (SSSR count). The van der Waals surface area contributed by atoms with Crippen LogP contribution in [0.5, 0.6) is 0 Å². The smallest absolute Gasteiger partial charge is 0.314 e. The standard InChI is InChI=1S/C10H20N2O2S/c1-8(13)5-11-10(14)12-6-9-3-2-4-15-7-9/h8-9,13H,2-7H2,1H3,(H2,11,12,14). The number of amides is 2. The molecule has 2 amide bonds. The number of aliphatic hydroxyl groups is 1. The predicted molar refractivity (Wildman–Crippen MR) is 63.1 cm³/mol. The van der Waals surface area contributed by atoms with Crippen LogP contribution in [-0.4, -0.2) is 41.8 Å². The van der Waals surface area contributed by atoms with Gasteiger partial charge < -0.3 is 15.7 Å². The molecule has 1 heterocycles. The molecule has 15 heavy (non-hydrogen) atoms. The lowest BCUT2D eigenvalue weighted by Gasteiger charge is -2.21. The molecule has 0 bridgehead atoms. The van der Waals surface area contributed by atoms with Crippen molar-refractivity contribution in [1.29, 1.82) is 0 Å². The van der Waals surface area contributed by atoms with Crippen molar-refractivity contribution in [2.45, 2.75) is 25.9 Å². The minimum atomic E-state index is -0.485. The molecular weight excluding hydrogens is 212 g/mol. The molecule has 0 aromatic rings. The van der Waals surface area contributed by atoms with Crippen LogP contribution in [0.3, 0.4) is 0 Å². The van der Waals surface area contributed by atoms with Crippen LogP contribution in [-0.2, 0) is 0 Å². The lowest BCUT2D eigenvalue weighted by Crippen LogP contribution is -2.41. The zero-order valence-electron chi connectivity index (χ0n) is 9.16. The fraction of sp³-hybridized carbons (Fsp3) is 0.900. The van der Waals surface area contributed by atoms with Gasteiger partial charge >= 0.3 is 6.03 Å². The van der Waals surface area contributed by atoms with Crippen molar-refractivity contribution in [3.05, 3.63) is 0 Å². The molecule has 0 aromatic carbocycles. The van der Waals surface area contributed by atoms with E-state index in [9.17, 15) is 4.79 Å². The molecule has 88 valence electrons. The van der Waals surface area contributed by atoms with Crippen molar-refractivity contribution >= 4 is 17.8 Å². The van der Waals surface area contributed by atoms with Crippen LogP contribution in [0.25, 0.3) is 0 Å². The minimum Gasteiger partial charge on any atom is -0.392 e. The zero-order chi connectivity index (χ0) is 11.1. The topological polar surface area (TPSA) is 61.4 Å². The highest BCUT2D eigenvalue weighted by molar-refractivity contribution is 7.99. The van der Waals surface area contributed by atoms with Crippen molar-refractivity contribution < 1.29 is 9.90 Å². The van der Waals surface area contributed by atoms with Gasteiger partial charge in [-0.15, -0.1) is 0 Å². The van der Waals surface area contributed by atoms with Crippen molar-refractivity contribution in [1.82, 2.24) is 10.6 Å². The van der Waals surface area contributed by atoms with Gasteiger partial charge in [0.1, 0.15) is 0 Å². The highest BCUT2D eigenvalue weighted by Gasteiger charge is 2.14. The Hall–Kier alpha value is -0.420. The van der Waals surface area contributed by atoms with Crippen molar-refractivity contribution in [2.24, 2.45) is 5.92 Å². The second kappa shape index (κ2) is 6.95. The molecule has 3 N–H and O–H groups in total. The molecule has 5 heteroatoms. The molecule has 0 radical (unpaired) electrons. The van der Waals surface area contributed by atoms with Gasteiger partial charge in [0.25, 0.3) is 0 Å². The van der Waals surface area contributed by atoms with Gasteiger partial charge in [-0.25, -0.2) is 4.79 Å². The Bertz CT molecular complexity index is 194. The Balaban J connectivity index is 2.05. The maximum atomic E-state index is 11.3. The third kappa shape index (κ3) is 5.89. The van der Waals surface area contributed by atoms with E-state index in [-0.39, 0.29) is 6.03 Å². The largest absolute Gasteiger partial charge is 0.392 e. The number of carbonyl (C=O) groups excluding carboxylic acids is 1. The monoisotopic (exact) mass is 232 g/mol. The van der Waals surface area contributed by atoms with Gasteiger partial charge in [-0.05, 0) is 37.2 Å². The van der Waals surface area contributed by atoms with Gasteiger partial charge in [0.15, 0.2) is 0 Å². The molecule has 0 saturated carbocycles. The molecule has 2 atom stereocenters. The van der Waals surface area contributed by atoms with Crippen LogP contribution in [0.1, 0.15) is 19.8 Å². The van der Waals surface area contributed by atoms with E-state index in [1.165, 1.54) is 18.6 Å². The summed E-state index contributed by atoms with van der Waals surface area (Å²) in [6, 6.07) is -0.175. The van der Waals surface area contributed by atoms with Crippen LogP contribution in [0.4, 0.5) is 4.79 Å². The Kier molecular flexibility index (Phi) is 5.86. The fourth-order valence-electron chi connectivity index (χ4n) is 1.51. The molecular formula is C10H20N2O2S. The number of urea groups is 1. The predicted octanol–water partition coefficient (Wildman–Crippen LogP) is 0.810. The van der Waals surface area contributed by atoms with E-state index >= 15 is 0 Å². The molecule has 1 aliphatic heterocycles. The lowest BCUT2D eigenvalue weighted by molar-refractivity contribution is 0.187. The van der Waals surface area contributed by atoms with Gasteiger partial charge in [0.2, 0.25) is 0 Å². The van der Waals surface area contributed by atoms with Gasteiger partial charge in [-0.3, -0.25) is 0 Å². The van der Waals surface area contributed by atoms with Crippen LogP contribution in [0, 0.1) is 5.92 Å². The van der Waals surface area contributed by atoms with Crippen molar-refractivity contribution in [3.8, 4) is 0 Å². The maximum Gasteiger partial charge on any atom is 0.314 e. The van der Waals surface area contributed by atoms with Crippen LogP contribution in [0.15, 0.2) is 0 Å². The fourth-order valence-corrected chi connectivity index (χ4v) is 2.66. The van der Waals surface area contributed by atoms with E-state index in [4.69, 9.17) is 5.11 Å². The zero-order valence-corrected chi connectivity index (χ0v) is 9.98. The minimum absolute atomic E-state index is 0.175. The summed E-state index contributed by atoms with van der Waals surface area (Å²) in [4.78, 5) is 11.3. The normalized spacial score (nSPS) is 23.2. The van der Waals surface area contributed by atoms with E-state index in [1.54, 1.807) is 6.92 Å². The summed E-state index contributed by atoms with van der Waals surface area (Å²) in [5.41, 5.74) is 0. The first-order chi connectivity index (χ1) is 7.18. The second-order valence-electron chi connectivity index (χ2n) is 4.02. The van der Waals surface area contributed by atoms with Crippen LogP contribution < -0.4 is 10.6 Å². The SMILES string of the molecule is CC(O)CNC(=O)NCC1CCCSC1. The van der Waals surface area contributed by atoms with E-state index < -0.39 is 6.10 Å². The van der Waals surface area contributed by atoms with Gasteiger partial charge in [-0.2, -0.15) is 11.8 Å². The summed E-state index contributed by atoms with van der Waals surface area (Å²) < 4.78 is 0. The number of thioether (sulfide) groups is 1. The Labute approximate surface area is 95.2 Å². The van der Waals surface area contributed by atoms with Gasteiger partial charge in [0, 0.05) is 13.1 Å². The third-order valence-electron chi connectivity index (χ3n) is 2.36. The molecule has 0 spiro atoms. The Morgan fingerprint density at radius 2 is 2.40 bits per heavy atom. The first-order valence-corrected chi connectivity index (χ1v) is 6.61. The molecule has 0 aromatic heterocycles. The van der Waals surface area contributed by atoms with E-state index in [1.807, 2.05) is 11.8 Å². The number of rotatable bonds is 4. The van der Waals surface area contributed by atoms with Gasteiger partial charge in [0.05, 0.1) is 6.10 Å². The maximum absolute atomic E-state index is 11.3. The molecule has 0 aliphatic carbocycles. The number of nitrogens with one attached hydrogen (secondary N) is 2. The Morgan fingerprint density at radius 3 is 3.00 bits per heavy atom. The number of hydrogen-bond acceptors (Lipinski definition) is 3. The highest BCUT2D eigenvalue weighted by Crippen LogP contribution is 2.21. The number of hydrogen-bond donors (Lipinski definition) is 3. The first-order valence-electron chi connectivity index (χ1n) is 5.46.